The minimum atomic E-state index is -0.469. The normalized spacial score (nSPS) is 13.7. The molecule has 5 heteroatoms. The summed E-state index contributed by atoms with van der Waals surface area (Å²) in [7, 11) is 1.59. The Labute approximate surface area is 168 Å². The average molecular weight is 386 g/mol. The summed E-state index contributed by atoms with van der Waals surface area (Å²) in [6.07, 6.45) is 1.67. The SMILES string of the molecule is COc1ccc(C=C2Oc3cc(OC(=O)c4ccc(C)cc4)ccc3C2=O)cc1. The summed E-state index contributed by atoms with van der Waals surface area (Å²) in [5.74, 6) is 0.939. The zero-order chi connectivity index (χ0) is 20.4. The molecule has 4 rings (SSSR count). The fraction of sp³-hybridized carbons (Fsp3) is 0.0833. The lowest BCUT2D eigenvalue weighted by Gasteiger charge is -2.06. The van der Waals surface area contributed by atoms with Gasteiger partial charge in [0.1, 0.15) is 17.2 Å². The van der Waals surface area contributed by atoms with E-state index >= 15 is 0 Å². The second kappa shape index (κ2) is 7.64. The van der Waals surface area contributed by atoms with E-state index in [4.69, 9.17) is 14.2 Å². The predicted molar refractivity (Wildman–Crippen MR) is 109 cm³/mol. The van der Waals surface area contributed by atoms with Gasteiger partial charge in [-0.05, 0) is 55.0 Å². The van der Waals surface area contributed by atoms with Crippen molar-refractivity contribution in [1.29, 1.82) is 0 Å². The van der Waals surface area contributed by atoms with Gasteiger partial charge in [0, 0.05) is 6.07 Å². The van der Waals surface area contributed by atoms with E-state index in [-0.39, 0.29) is 11.5 Å². The van der Waals surface area contributed by atoms with E-state index in [0.29, 0.717) is 22.6 Å². The van der Waals surface area contributed by atoms with Gasteiger partial charge in [-0.2, -0.15) is 0 Å². The Bertz CT molecular complexity index is 1110. The van der Waals surface area contributed by atoms with Crippen LogP contribution in [0.15, 0.2) is 72.5 Å². The highest BCUT2D eigenvalue weighted by molar-refractivity contribution is 6.14. The number of ether oxygens (including phenoxy) is 3. The van der Waals surface area contributed by atoms with Crippen molar-refractivity contribution in [3.05, 3.63) is 94.7 Å². The zero-order valence-electron chi connectivity index (χ0n) is 16.0. The Morgan fingerprint density at radius 1 is 0.931 bits per heavy atom. The summed E-state index contributed by atoms with van der Waals surface area (Å²) in [5, 5.41) is 0. The first-order chi connectivity index (χ1) is 14.0. The maximum Gasteiger partial charge on any atom is 0.343 e. The fourth-order valence-corrected chi connectivity index (χ4v) is 2.94. The monoisotopic (exact) mass is 386 g/mol. The van der Waals surface area contributed by atoms with Gasteiger partial charge in [-0.25, -0.2) is 4.79 Å². The van der Waals surface area contributed by atoms with Gasteiger partial charge in [-0.1, -0.05) is 29.8 Å². The van der Waals surface area contributed by atoms with Crippen LogP contribution < -0.4 is 14.2 Å². The van der Waals surface area contributed by atoms with Crippen LogP contribution in [0.2, 0.25) is 0 Å². The third-order valence-electron chi connectivity index (χ3n) is 4.55. The lowest BCUT2D eigenvalue weighted by molar-refractivity contribution is 0.0734. The summed E-state index contributed by atoms with van der Waals surface area (Å²) < 4.78 is 16.3. The van der Waals surface area contributed by atoms with Crippen LogP contribution in [0.5, 0.6) is 17.2 Å². The van der Waals surface area contributed by atoms with Gasteiger partial charge in [-0.3, -0.25) is 4.79 Å². The molecule has 29 heavy (non-hydrogen) atoms. The number of hydrogen-bond donors (Lipinski definition) is 0. The van der Waals surface area contributed by atoms with Gasteiger partial charge in [0.25, 0.3) is 0 Å². The van der Waals surface area contributed by atoms with Crippen molar-refractivity contribution in [3.8, 4) is 17.2 Å². The Balaban J connectivity index is 1.52. The van der Waals surface area contributed by atoms with Crippen LogP contribution in [0, 0.1) is 6.92 Å². The molecule has 3 aromatic carbocycles. The van der Waals surface area contributed by atoms with Crippen molar-refractivity contribution < 1.29 is 23.8 Å². The number of carbonyl (C=O) groups excluding carboxylic acids is 2. The molecule has 1 heterocycles. The largest absolute Gasteiger partial charge is 0.497 e. The van der Waals surface area contributed by atoms with E-state index in [0.717, 1.165) is 16.9 Å². The molecule has 144 valence electrons. The summed E-state index contributed by atoms with van der Waals surface area (Å²) in [6.45, 7) is 1.95. The maximum atomic E-state index is 12.6. The molecule has 0 fully saturated rings. The molecule has 0 radical (unpaired) electrons. The Kier molecular flexibility index (Phi) is 4.87. The van der Waals surface area contributed by atoms with E-state index in [1.54, 1.807) is 43.5 Å². The summed E-state index contributed by atoms with van der Waals surface area (Å²) in [5.41, 5.74) is 2.75. The summed E-state index contributed by atoms with van der Waals surface area (Å²) in [4.78, 5) is 24.9. The standard InChI is InChI=1S/C24H18O5/c1-15-3-7-17(8-4-15)24(26)28-19-11-12-20-21(14-19)29-22(23(20)25)13-16-5-9-18(27-2)10-6-16/h3-14H,1-2H3. The number of carbonyl (C=O) groups is 2. The van der Waals surface area contributed by atoms with Crippen molar-refractivity contribution in [2.24, 2.45) is 0 Å². The summed E-state index contributed by atoms with van der Waals surface area (Å²) in [6, 6.07) is 19.1. The van der Waals surface area contributed by atoms with E-state index in [1.165, 1.54) is 0 Å². The molecule has 0 spiro atoms. The number of methoxy groups -OCH3 is 1. The van der Waals surface area contributed by atoms with Crippen molar-refractivity contribution in [1.82, 2.24) is 0 Å². The highest BCUT2D eigenvalue weighted by Gasteiger charge is 2.28. The van der Waals surface area contributed by atoms with Crippen molar-refractivity contribution >= 4 is 17.8 Å². The molecule has 0 bridgehead atoms. The first-order valence-electron chi connectivity index (χ1n) is 9.05. The van der Waals surface area contributed by atoms with Crippen molar-refractivity contribution in [2.45, 2.75) is 6.92 Å². The number of ketones is 1. The first-order valence-corrected chi connectivity index (χ1v) is 9.05. The molecule has 3 aromatic rings. The minimum Gasteiger partial charge on any atom is -0.497 e. The van der Waals surface area contributed by atoms with Crippen LogP contribution in [0.3, 0.4) is 0 Å². The molecule has 0 saturated heterocycles. The number of hydrogen-bond acceptors (Lipinski definition) is 5. The van der Waals surface area contributed by atoms with Crippen LogP contribution >= 0.6 is 0 Å². The molecule has 1 aliphatic heterocycles. The number of fused-ring (bicyclic) bond motifs is 1. The molecular weight excluding hydrogens is 368 g/mol. The maximum absolute atomic E-state index is 12.6. The number of rotatable bonds is 4. The highest BCUT2D eigenvalue weighted by atomic mass is 16.5. The van der Waals surface area contributed by atoms with Gasteiger partial charge in [0.15, 0.2) is 5.76 Å². The van der Waals surface area contributed by atoms with Crippen molar-refractivity contribution in [2.75, 3.05) is 7.11 Å². The van der Waals surface area contributed by atoms with Crippen LogP contribution in [-0.4, -0.2) is 18.9 Å². The first kappa shape index (κ1) is 18.5. The second-order valence-electron chi connectivity index (χ2n) is 6.63. The smallest absolute Gasteiger partial charge is 0.343 e. The minimum absolute atomic E-state index is 0.215. The van der Waals surface area contributed by atoms with Crippen LogP contribution in [0.1, 0.15) is 31.8 Å². The summed E-state index contributed by atoms with van der Waals surface area (Å²) >= 11 is 0. The van der Waals surface area contributed by atoms with Gasteiger partial charge in [-0.15, -0.1) is 0 Å². The van der Waals surface area contributed by atoms with Gasteiger partial charge >= 0.3 is 5.97 Å². The van der Waals surface area contributed by atoms with Gasteiger partial charge in [0.2, 0.25) is 5.78 Å². The molecule has 0 aliphatic carbocycles. The predicted octanol–water partition coefficient (Wildman–Crippen LogP) is 4.84. The van der Waals surface area contributed by atoms with Crippen molar-refractivity contribution in [3.63, 3.8) is 0 Å². The highest BCUT2D eigenvalue weighted by Crippen LogP contribution is 2.35. The van der Waals surface area contributed by atoms with Gasteiger partial charge < -0.3 is 14.2 Å². The van der Waals surface area contributed by atoms with E-state index < -0.39 is 5.97 Å². The fourth-order valence-electron chi connectivity index (χ4n) is 2.94. The molecule has 0 saturated carbocycles. The number of aryl methyl sites for hydroxylation is 1. The molecule has 0 N–H and O–H groups in total. The van der Waals surface area contributed by atoms with Crippen LogP contribution in [0.4, 0.5) is 0 Å². The third kappa shape index (κ3) is 3.89. The topological polar surface area (TPSA) is 61.8 Å². The number of benzene rings is 3. The van der Waals surface area contributed by atoms with Crippen LogP contribution in [-0.2, 0) is 0 Å². The molecule has 1 aliphatic rings. The Morgan fingerprint density at radius 2 is 1.62 bits per heavy atom. The zero-order valence-corrected chi connectivity index (χ0v) is 16.0. The Hall–Kier alpha value is -3.86. The van der Waals surface area contributed by atoms with E-state index in [2.05, 4.69) is 0 Å². The number of allylic oxidation sites excluding steroid dienone is 1. The Morgan fingerprint density at radius 3 is 2.31 bits per heavy atom. The average Bonchev–Trinajstić information content (AvgIpc) is 3.03. The molecular formula is C24H18O5. The van der Waals surface area contributed by atoms with E-state index in [9.17, 15) is 9.59 Å². The molecule has 0 atom stereocenters. The van der Waals surface area contributed by atoms with Gasteiger partial charge in [0.05, 0.1) is 18.2 Å². The lowest BCUT2D eigenvalue weighted by Crippen LogP contribution is -2.08. The second-order valence-corrected chi connectivity index (χ2v) is 6.63. The molecule has 5 nitrogen and oxygen atoms in total. The number of Topliss-reactive ketones (excluding diaryl/α,β-unsaturated/α-hetero) is 1. The molecule has 0 amide bonds. The lowest BCUT2D eigenvalue weighted by atomic mass is 10.1. The third-order valence-corrected chi connectivity index (χ3v) is 4.55. The number of esters is 1. The molecule has 0 unspecified atom stereocenters. The van der Waals surface area contributed by atoms with Crippen LogP contribution in [0.25, 0.3) is 6.08 Å². The van der Waals surface area contributed by atoms with E-state index in [1.807, 2.05) is 43.3 Å². The quantitative estimate of drug-likeness (QED) is 0.365. The molecule has 0 aromatic heterocycles.